The number of amides is 1. The zero-order valence-corrected chi connectivity index (χ0v) is 14.3. The Morgan fingerprint density at radius 1 is 1.31 bits per heavy atom. The van der Waals surface area contributed by atoms with Crippen molar-refractivity contribution in [1.82, 2.24) is 15.5 Å². The van der Waals surface area contributed by atoms with Crippen molar-refractivity contribution in [1.29, 1.82) is 0 Å². The third-order valence-corrected chi connectivity index (χ3v) is 4.11. The highest BCUT2D eigenvalue weighted by molar-refractivity contribution is 5.82. The van der Waals surface area contributed by atoms with Crippen molar-refractivity contribution in [2.45, 2.75) is 38.0 Å². The molecule has 1 aromatic carbocycles. The highest BCUT2D eigenvalue weighted by atomic mass is 16.5. The number of carboxylic acids is 1. The van der Waals surface area contributed by atoms with E-state index in [1.807, 2.05) is 12.1 Å². The predicted molar refractivity (Wildman–Crippen MR) is 88.4 cm³/mol. The van der Waals surface area contributed by atoms with E-state index in [4.69, 9.17) is 19.1 Å². The number of rotatable bonds is 6. The highest BCUT2D eigenvalue weighted by Crippen LogP contribution is 2.28. The molecular weight excluding hydrogens is 342 g/mol. The second-order valence-electron chi connectivity index (χ2n) is 5.92. The van der Waals surface area contributed by atoms with Crippen molar-refractivity contribution < 1.29 is 28.7 Å². The Bertz CT molecular complexity index is 805. The topological polar surface area (TPSA) is 124 Å². The van der Waals surface area contributed by atoms with E-state index in [1.54, 1.807) is 26.2 Å². The first-order chi connectivity index (χ1) is 12.5. The van der Waals surface area contributed by atoms with E-state index in [1.165, 1.54) is 0 Å². The molecule has 138 valence electrons. The van der Waals surface area contributed by atoms with Gasteiger partial charge in [-0.3, -0.25) is 4.79 Å². The van der Waals surface area contributed by atoms with Gasteiger partial charge >= 0.3 is 5.97 Å². The zero-order chi connectivity index (χ0) is 18.7. The fourth-order valence-electron chi connectivity index (χ4n) is 2.73. The Labute approximate surface area is 149 Å². The number of nitrogens with zero attached hydrogens (tertiary/aromatic N) is 2. The summed E-state index contributed by atoms with van der Waals surface area (Å²) in [5.41, 5.74) is 0.673. The highest BCUT2D eigenvalue weighted by Gasteiger charge is 2.35. The third-order valence-electron chi connectivity index (χ3n) is 4.11. The number of benzene rings is 1. The van der Waals surface area contributed by atoms with Crippen LogP contribution in [0.5, 0.6) is 5.75 Å². The van der Waals surface area contributed by atoms with Crippen LogP contribution in [-0.4, -0.2) is 46.4 Å². The Balaban J connectivity index is 1.66. The molecule has 1 unspecified atom stereocenters. The first-order valence-electron chi connectivity index (χ1n) is 8.15. The molecule has 0 spiro atoms. The van der Waals surface area contributed by atoms with E-state index in [2.05, 4.69) is 15.5 Å². The van der Waals surface area contributed by atoms with E-state index in [0.717, 1.165) is 0 Å². The van der Waals surface area contributed by atoms with Crippen LogP contribution in [0, 0.1) is 0 Å². The average Bonchev–Trinajstić information content (AvgIpc) is 3.31. The average molecular weight is 361 g/mol. The van der Waals surface area contributed by atoms with Gasteiger partial charge in [0, 0.05) is 0 Å². The van der Waals surface area contributed by atoms with Crippen molar-refractivity contribution in [2.75, 3.05) is 7.11 Å². The minimum Gasteiger partial charge on any atom is -0.496 e. The lowest BCUT2D eigenvalue weighted by Gasteiger charge is -2.14. The zero-order valence-electron chi connectivity index (χ0n) is 14.3. The molecule has 26 heavy (non-hydrogen) atoms. The second-order valence-corrected chi connectivity index (χ2v) is 5.92. The number of carbonyl (C=O) groups is 2. The monoisotopic (exact) mass is 361 g/mol. The fourth-order valence-corrected chi connectivity index (χ4v) is 2.73. The normalized spacial score (nSPS) is 20.5. The maximum absolute atomic E-state index is 12.2. The summed E-state index contributed by atoms with van der Waals surface area (Å²) >= 11 is 0. The van der Waals surface area contributed by atoms with Crippen molar-refractivity contribution in [2.24, 2.45) is 0 Å². The van der Waals surface area contributed by atoms with Gasteiger partial charge in [0.15, 0.2) is 6.10 Å². The summed E-state index contributed by atoms with van der Waals surface area (Å²) in [5.74, 6) is -0.283. The van der Waals surface area contributed by atoms with Gasteiger partial charge in [-0.05, 0) is 31.9 Å². The maximum Gasteiger partial charge on any atom is 0.332 e. The largest absolute Gasteiger partial charge is 0.496 e. The predicted octanol–water partition coefficient (Wildman–Crippen LogP) is 1.55. The number of para-hydroxylation sites is 1. The molecule has 0 saturated carbocycles. The van der Waals surface area contributed by atoms with Crippen molar-refractivity contribution in [3.05, 3.63) is 30.2 Å². The van der Waals surface area contributed by atoms with Crippen LogP contribution >= 0.6 is 0 Å². The molecule has 0 bridgehead atoms. The third kappa shape index (κ3) is 3.67. The summed E-state index contributed by atoms with van der Waals surface area (Å²) < 4.78 is 15.7. The Hall–Kier alpha value is -2.94. The summed E-state index contributed by atoms with van der Waals surface area (Å²) in [5, 5.41) is 15.6. The summed E-state index contributed by atoms with van der Waals surface area (Å²) in [6.45, 7) is 1.70. The molecule has 1 aliphatic rings. The Kier molecular flexibility index (Phi) is 5.17. The van der Waals surface area contributed by atoms with Gasteiger partial charge in [-0.25, -0.2) is 4.79 Å². The standard InChI is InChI=1S/C17H19N3O6/c1-9(18-15(21)12-7-8-13(25-12)17(22)23)16-19-14(20-26-16)10-5-3-4-6-11(10)24-2/h3-6,9,12-13H,7-8H2,1-2H3,(H,18,21)(H,22,23)/t9?,12-,13+/m0/s1. The van der Waals surface area contributed by atoms with Crippen LogP contribution < -0.4 is 10.1 Å². The molecule has 2 aromatic rings. The van der Waals surface area contributed by atoms with E-state index in [-0.39, 0.29) is 5.89 Å². The van der Waals surface area contributed by atoms with Crippen LogP contribution in [-0.2, 0) is 14.3 Å². The van der Waals surface area contributed by atoms with Gasteiger partial charge in [-0.2, -0.15) is 4.98 Å². The number of methoxy groups -OCH3 is 1. The molecule has 9 nitrogen and oxygen atoms in total. The molecule has 1 amide bonds. The molecule has 9 heteroatoms. The van der Waals surface area contributed by atoms with Crippen LogP contribution in [0.1, 0.15) is 31.7 Å². The number of ether oxygens (including phenoxy) is 2. The summed E-state index contributed by atoms with van der Waals surface area (Å²) in [7, 11) is 1.55. The molecule has 3 atom stereocenters. The molecule has 2 heterocycles. The number of hydrogen-bond acceptors (Lipinski definition) is 7. The molecule has 1 aliphatic heterocycles. The molecule has 1 saturated heterocycles. The molecule has 1 fully saturated rings. The smallest absolute Gasteiger partial charge is 0.332 e. The van der Waals surface area contributed by atoms with Crippen LogP contribution in [0.4, 0.5) is 0 Å². The lowest BCUT2D eigenvalue weighted by Crippen LogP contribution is -2.37. The van der Waals surface area contributed by atoms with Crippen molar-refractivity contribution in [3.8, 4) is 17.1 Å². The Morgan fingerprint density at radius 2 is 2.04 bits per heavy atom. The van der Waals surface area contributed by atoms with Gasteiger partial charge < -0.3 is 24.4 Å². The van der Waals surface area contributed by atoms with Gasteiger partial charge in [0.05, 0.1) is 12.7 Å². The number of carbonyl (C=O) groups excluding carboxylic acids is 1. The van der Waals surface area contributed by atoms with E-state index in [9.17, 15) is 9.59 Å². The van der Waals surface area contributed by atoms with Crippen LogP contribution in [0.3, 0.4) is 0 Å². The van der Waals surface area contributed by atoms with E-state index < -0.39 is 30.1 Å². The number of aromatic nitrogens is 2. The molecule has 0 radical (unpaired) electrons. The van der Waals surface area contributed by atoms with Crippen molar-refractivity contribution >= 4 is 11.9 Å². The number of aliphatic carboxylic acids is 1. The first-order valence-corrected chi connectivity index (χ1v) is 8.15. The van der Waals surface area contributed by atoms with E-state index in [0.29, 0.717) is 30.0 Å². The quantitative estimate of drug-likeness (QED) is 0.794. The van der Waals surface area contributed by atoms with Crippen LogP contribution in [0.15, 0.2) is 28.8 Å². The fraction of sp³-hybridized carbons (Fsp3) is 0.412. The SMILES string of the molecule is COc1ccccc1-c1noc(C(C)NC(=O)[C@@H]2CC[C@H](C(=O)O)O2)n1. The molecular formula is C17H19N3O6. The number of nitrogens with one attached hydrogen (secondary N) is 1. The van der Waals surface area contributed by atoms with Crippen molar-refractivity contribution in [3.63, 3.8) is 0 Å². The molecule has 0 aliphatic carbocycles. The van der Waals surface area contributed by atoms with Gasteiger partial charge in [-0.15, -0.1) is 0 Å². The Morgan fingerprint density at radius 3 is 2.73 bits per heavy atom. The molecule has 1 aromatic heterocycles. The van der Waals surface area contributed by atoms with Gasteiger partial charge in [0.25, 0.3) is 0 Å². The van der Waals surface area contributed by atoms with Gasteiger partial charge in [-0.1, -0.05) is 17.3 Å². The minimum atomic E-state index is -1.06. The number of carboxylic acid groups (broad SMARTS) is 1. The van der Waals surface area contributed by atoms with E-state index >= 15 is 0 Å². The van der Waals surface area contributed by atoms with Crippen LogP contribution in [0.2, 0.25) is 0 Å². The van der Waals surface area contributed by atoms with Gasteiger partial charge in [0.1, 0.15) is 17.9 Å². The maximum atomic E-state index is 12.2. The summed E-state index contributed by atoms with van der Waals surface area (Å²) in [6, 6.07) is 6.70. The summed E-state index contributed by atoms with van der Waals surface area (Å²) in [4.78, 5) is 27.4. The summed E-state index contributed by atoms with van der Waals surface area (Å²) in [6.07, 6.45) is -1.08. The lowest BCUT2D eigenvalue weighted by atomic mass is 10.2. The first kappa shape index (κ1) is 17.9. The van der Waals surface area contributed by atoms with Gasteiger partial charge in [0.2, 0.25) is 17.6 Å². The minimum absolute atomic E-state index is 0.229. The number of hydrogen-bond donors (Lipinski definition) is 2. The molecule has 3 rings (SSSR count). The molecule has 2 N–H and O–H groups in total. The lowest BCUT2D eigenvalue weighted by molar-refractivity contribution is -0.151. The van der Waals surface area contributed by atoms with Crippen LogP contribution in [0.25, 0.3) is 11.4 Å². The second kappa shape index (κ2) is 7.52.